The third kappa shape index (κ3) is 3.08. The highest BCUT2D eigenvalue weighted by atomic mass is 16.5. The van der Waals surface area contributed by atoms with Crippen molar-refractivity contribution < 1.29 is 4.74 Å². The Morgan fingerprint density at radius 1 is 0.926 bits per heavy atom. The first-order chi connectivity index (χ1) is 13.4. The van der Waals surface area contributed by atoms with Crippen molar-refractivity contribution in [3.05, 3.63) is 71.5 Å². The normalized spacial score (nSPS) is 16.1. The fourth-order valence-corrected chi connectivity index (χ4v) is 3.58. The predicted octanol–water partition coefficient (Wildman–Crippen LogP) is 2.73. The maximum absolute atomic E-state index is 5.45. The number of nitrogens with zero attached hydrogens (tertiary/aromatic N) is 5. The Morgan fingerprint density at radius 2 is 1.85 bits per heavy atom. The lowest BCUT2D eigenvalue weighted by molar-refractivity contribution is 0.122. The second-order valence-electron chi connectivity index (χ2n) is 6.65. The number of aliphatic imine (C=N–C) groups is 1. The minimum atomic E-state index is 0.709. The van der Waals surface area contributed by atoms with E-state index >= 15 is 0 Å². The van der Waals surface area contributed by atoms with Gasteiger partial charge in [0.25, 0.3) is 0 Å². The molecule has 4 heterocycles. The first-order valence-electron chi connectivity index (χ1n) is 9.13. The Bertz CT molecular complexity index is 996. The molecule has 6 nitrogen and oxygen atoms in total. The van der Waals surface area contributed by atoms with Crippen LogP contribution in [0.4, 0.5) is 5.82 Å². The molecular formula is C21H19N5O. The number of morpholine rings is 1. The second-order valence-corrected chi connectivity index (χ2v) is 6.65. The van der Waals surface area contributed by atoms with Gasteiger partial charge in [0.1, 0.15) is 5.82 Å². The smallest absolute Gasteiger partial charge is 0.129 e. The van der Waals surface area contributed by atoms with Crippen LogP contribution in [0.2, 0.25) is 0 Å². The summed E-state index contributed by atoms with van der Waals surface area (Å²) in [6, 6.07) is 14.4. The largest absolute Gasteiger partial charge is 0.378 e. The van der Waals surface area contributed by atoms with Gasteiger partial charge in [-0.3, -0.25) is 4.99 Å². The van der Waals surface area contributed by atoms with Crippen molar-refractivity contribution >= 4 is 11.5 Å². The van der Waals surface area contributed by atoms with Gasteiger partial charge in [0.05, 0.1) is 31.2 Å². The number of aromatic nitrogens is 3. The Hall–Kier alpha value is -3.12. The topological polar surface area (TPSA) is 63.5 Å². The number of hydrogen-bond acceptors (Lipinski definition) is 6. The van der Waals surface area contributed by atoms with Gasteiger partial charge in [0.15, 0.2) is 0 Å². The van der Waals surface area contributed by atoms with E-state index in [4.69, 9.17) is 9.73 Å². The summed E-state index contributed by atoms with van der Waals surface area (Å²) in [6.45, 7) is 3.95. The van der Waals surface area contributed by atoms with E-state index < -0.39 is 0 Å². The molecule has 1 saturated heterocycles. The third-order valence-corrected chi connectivity index (χ3v) is 4.99. The monoisotopic (exact) mass is 357 g/mol. The molecule has 0 bridgehead atoms. The quantitative estimate of drug-likeness (QED) is 0.721. The highest BCUT2D eigenvalue weighted by Gasteiger charge is 2.20. The first kappa shape index (κ1) is 16.1. The van der Waals surface area contributed by atoms with Crippen molar-refractivity contribution in [2.24, 2.45) is 4.99 Å². The number of ether oxygens (including phenoxy) is 1. The molecule has 0 amide bonds. The lowest BCUT2D eigenvalue weighted by atomic mass is 9.97. The highest BCUT2D eigenvalue weighted by Crippen LogP contribution is 2.28. The zero-order valence-electron chi connectivity index (χ0n) is 14.9. The lowest BCUT2D eigenvalue weighted by Gasteiger charge is -2.28. The molecule has 1 fully saturated rings. The summed E-state index contributed by atoms with van der Waals surface area (Å²) in [5, 5.41) is 8.22. The highest BCUT2D eigenvalue weighted by molar-refractivity contribution is 6.15. The summed E-state index contributed by atoms with van der Waals surface area (Å²) >= 11 is 0. The number of rotatable bonds is 3. The Morgan fingerprint density at radius 3 is 2.70 bits per heavy atom. The zero-order valence-corrected chi connectivity index (χ0v) is 14.9. The standard InChI is InChI=1S/C21H19N5O/c1-2-19(25-24-6-1)15-3-4-17-14-23-21(18(17)12-15)16-5-7-22-20(13-16)26-8-10-27-11-9-26/h1-7,12-13H,8-11,14H2. The molecule has 134 valence electrons. The van der Waals surface area contributed by atoms with E-state index in [1.54, 1.807) is 6.20 Å². The van der Waals surface area contributed by atoms with Gasteiger partial charge in [0.2, 0.25) is 0 Å². The zero-order chi connectivity index (χ0) is 18.1. The summed E-state index contributed by atoms with van der Waals surface area (Å²) in [4.78, 5) is 11.6. The molecular weight excluding hydrogens is 338 g/mol. The molecule has 0 N–H and O–H groups in total. The minimum Gasteiger partial charge on any atom is -0.378 e. The van der Waals surface area contributed by atoms with E-state index in [2.05, 4.69) is 44.3 Å². The van der Waals surface area contributed by atoms with Crippen LogP contribution >= 0.6 is 0 Å². The Kier molecular flexibility index (Phi) is 4.10. The maximum atomic E-state index is 5.45. The van der Waals surface area contributed by atoms with E-state index in [1.165, 1.54) is 5.56 Å². The predicted molar refractivity (Wildman–Crippen MR) is 104 cm³/mol. The summed E-state index contributed by atoms with van der Waals surface area (Å²) in [5.74, 6) is 0.983. The molecule has 0 spiro atoms. The van der Waals surface area contributed by atoms with Gasteiger partial charge in [-0.25, -0.2) is 4.98 Å². The van der Waals surface area contributed by atoms with Crippen LogP contribution in [0.25, 0.3) is 11.3 Å². The molecule has 6 heteroatoms. The van der Waals surface area contributed by atoms with Crippen LogP contribution in [-0.2, 0) is 11.3 Å². The maximum Gasteiger partial charge on any atom is 0.129 e. The molecule has 0 aliphatic carbocycles. The number of fused-ring (bicyclic) bond motifs is 1. The average molecular weight is 357 g/mol. The fraction of sp³-hybridized carbons (Fsp3) is 0.238. The van der Waals surface area contributed by atoms with Crippen molar-refractivity contribution in [3.8, 4) is 11.3 Å². The molecule has 3 aromatic rings. The minimum absolute atomic E-state index is 0.709. The Balaban J connectivity index is 1.50. The van der Waals surface area contributed by atoms with Crippen molar-refractivity contribution in [1.29, 1.82) is 0 Å². The number of pyridine rings is 1. The summed E-state index contributed by atoms with van der Waals surface area (Å²) in [5.41, 5.74) is 6.45. The molecule has 2 aliphatic heterocycles. The van der Waals surface area contributed by atoms with Gasteiger partial charge in [-0.15, -0.1) is 0 Å². The van der Waals surface area contributed by atoms with Crippen molar-refractivity contribution in [2.75, 3.05) is 31.2 Å². The van der Waals surface area contributed by atoms with E-state index in [1.807, 2.05) is 24.4 Å². The van der Waals surface area contributed by atoms with Gasteiger partial charge in [-0.05, 0) is 35.9 Å². The number of hydrogen-bond donors (Lipinski definition) is 0. The van der Waals surface area contributed by atoms with Gasteiger partial charge < -0.3 is 9.64 Å². The number of anilines is 1. The van der Waals surface area contributed by atoms with Crippen LogP contribution in [0, 0.1) is 0 Å². The van der Waals surface area contributed by atoms with Crippen LogP contribution in [0.1, 0.15) is 16.7 Å². The van der Waals surface area contributed by atoms with Crippen molar-refractivity contribution in [2.45, 2.75) is 6.54 Å². The van der Waals surface area contributed by atoms with Crippen LogP contribution in [0.5, 0.6) is 0 Å². The number of benzene rings is 1. The van der Waals surface area contributed by atoms with E-state index in [0.29, 0.717) is 6.54 Å². The summed E-state index contributed by atoms with van der Waals surface area (Å²) in [6.07, 6.45) is 3.56. The van der Waals surface area contributed by atoms with Gasteiger partial charge in [-0.1, -0.05) is 12.1 Å². The van der Waals surface area contributed by atoms with Crippen LogP contribution in [-0.4, -0.2) is 47.2 Å². The third-order valence-electron chi connectivity index (χ3n) is 4.99. The molecule has 2 aliphatic rings. The fourth-order valence-electron chi connectivity index (χ4n) is 3.58. The van der Waals surface area contributed by atoms with E-state index in [-0.39, 0.29) is 0 Å². The first-order valence-corrected chi connectivity index (χ1v) is 9.13. The molecule has 0 atom stereocenters. The average Bonchev–Trinajstić information content (AvgIpc) is 3.18. The molecule has 2 aromatic heterocycles. The lowest BCUT2D eigenvalue weighted by Crippen LogP contribution is -2.36. The molecule has 0 radical (unpaired) electrons. The molecule has 1 aromatic carbocycles. The molecule has 0 unspecified atom stereocenters. The van der Waals surface area contributed by atoms with Crippen LogP contribution in [0.15, 0.2) is 59.9 Å². The second kappa shape index (κ2) is 6.89. The van der Waals surface area contributed by atoms with Crippen LogP contribution in [0.3, 0.4) is 0 Å². The summed E-state index contributed by atoms with van der Waals surface area (Å²) < 4.78 is 5.45. The van der Waals surface area contributed by atoms with Crippen molar-refractivity contribution in [3.63, 3.8) is 0 Å². The van der Waals surface area contributed by atoms with E-state index in [0.717, 1.165) is 60.2 Å². The Labute approximate surface area is 157 Å². The van der Waals surface area contributed by atoms with Crippen molar-refractivity contribution in [1.82, 2.24) is 15.2 Å². The van der Waals surface area contributed by atoms with E-state index in [9.17, 15) is 0 Å². The van der Waals surface area contributed by atoms with Gasteiger partial charge in [0, 0.05) is 42.2 Å². The molecule has 0 saturated carbocycles. The van der Waals surface area contributed by atoms with Gasteiger partial charge in [-0.2, -0.15) is 10.2 Å². The van der Waals surface area contributed by atoms with Gasteiger partial charge >= 0.3 is 0 Å². The molecule has 5 rings (SSSR count). The molecule has 27 heavy (non-hydrogen) atoms. The SMILES string of the molecule is c1cnnc(-c2ccc3c(c2)C(c2ccnc(N4CCOCC4)c2)=NC3)c1. The van der Waals surface area contributed by atoms with Crippen LogP contribution < -0.4 is 4.90 Å². The summed E-state index contributed by atoms with van der Waals surface area (Å²) in [7, 11) is 0.